The lowest BCUT2D eigenvalue weighted by Gasteiger charge is -2.23. The van der Waals surface area contributed by atoms with Crippen LogP contribution in [0.3, 0.4) is 0 Å². The Kier molecular flexibility index (Phi) is 5.36. The maximum atomic E-state index is 6.01. The van der Waals surface area contributed by atoms with Crippen molar-refractivity contribution in [2.24, 2.45) is 0 Å². The van der Waals surface area contributed by atoms with Crippen molar-refractivity contribution in [3.05, 3.63) is 42.0 Å². The first-order valence-corrected chi connectivity index (χ1v) is 9.57. The molecular formula is C20H25NO2S. The number of rotatable bonds is 4. The Morgan fingerprint density at radius 1 is 1.12 bits per heavy atom. The van der Waals surface area contributed by atoms with E-state index in [9.17, 15) is 0 Å². The zero-order valence-corrected chi connectivity index (χ0v) is 15.7. The van der Waals surface area contributed by atoms with Gasteiger partial charge >= 0.3 is 0 Å². The van der Waals surface area contributed by atoms with E-state index in [1.54, 1.807) is 18.9 Å². The van der Waals surface area contributed by atoms with Gasteiger partial charge in [-0.15, -0.1) is 11.8 Å². The summed E-state index contributed by atoms with van der Waals surface area (Å²) in [5.74, 6) is 1.71. The Bertz CT molecular complexity index is 698. The molecule has 3 nitrogen and oxygen atoms in total. The quantitative estimate of drug-likeness (QED) is 0.751. The van der Waals surface area contributed by atoms with E-state index in [0.717, 1.165) is 24.6 Å². The molecule has 1 aliphatic heterocycles. The monoisotopic (exact) mass is 343 g/mol. The van der Waals surface area contributed by atoms with Gasteiger partial charge in [-0.2, -0.15) is 0 Å². The molecule has 0 radical (unpaired) electrons. The van der Waals surface area contributed by atoms with Crippen molar-refractivity contribution in [2.45, 2.75) is 31.3 Å². The standard InChI is InChI=1S/C20H25NO2S/c1-14(2)21-9-10-23-20-17(13-21)11-16(12-19(20)22-3)15-5-7-18(24-4)8-6-15/h5-8,11-12,14H,9-10,13H2,1-4H3. The average molecular weight is 343 g/mol. The third-order valence-corrected chi connectivity index (χ3v) is 5.25. The molecular weight excluding hydrogens is 318 g/mol. The Morgan fingerprint density at radius 2 is 1.88 bits per heavy atom. The molecule has 0 fully saturated rings. The smallest absolute Gasteiger partial charge is 0.165 e. The highest BCUT2D eigenvalue weighted by Gasteiger charge is 2.21. The molecule has 1 aliphatic rings. The van der Waals surface area contributed by atoms with Crippen LogP contribution in [0.2, 0.25) is 0 Å². The number of benzene rings is 2. The normalized spacial score (nSPS) is 14.9. The van der Waals surface area contributed by atoms with Gasteiger partial charge in [0.15, 0.2) is 11.5 Å². The lowest BCUT2D eigenvalue weighted by atomic mass is 10.0. The molecule has 1 heterocycles. The molecule has 2 aromatic rings. The summed E-state index contributed by atoms with van der Waals surface area (Å²) in [6, 6.07) is 13.5. The SMILES string of the molecule is COc1cc(-c2ccc(SC)cc2)cc2c1OCCN(C(C)C)C2. The van der Waals surface area contributed by atoms with Crippen molar-refractivity contribution >= 4 is 11.8 Å². The summed E-state index contributed by atoms with van der Waals surface area (Å²) in [5.41, 5.74) is 3.58. The zero-order valence-electron chi connectivity index (χ0n) is 14.8. The van der Waals surface area contributed by atoms with E-state index in [4.69, 9.17) is 9.47 Å². The van der Waals surface area contributed by atoms with Crippen molar-refractivity contribution in [2.75, 3.05) is 26.5 Å². The van der Waals surface area contributed by atoms with Gasteiger partial charge < -0.3 is 9.47 Å². The molecule has 24 heavy (non-hydrogen) atoms. The number of fused-ring (bicyclic) bond motifs is 1. The molecule has 0 bridgehead atoms. The van der Waals surface area contributed by atoms with Crippen LogP contribution >= 0.6 is 11.8 Å². The van der Waals surface area contributed by atoms with Crippen LogP contribution in [0.1, 0.15) is 19.4 Å². The van der Waals surface area contributed by atoms with Crippen LogP contribution in [0.5, 0.6) is 11.5 Å². The number of methoxy groups -OCH3 is 1. The fourth-order valence-corrected chi connectivity index (χ4v) is 3.45. The molecule has 2 aromatic carbocycles. The molecule has 0 amide bonds. The van der Waals surface area contributed by atoms with Crippen LogP contribution in [-0.2, 0) is 6.54 Å². The van der Waals surface area contributed by atoms with Gasteiger partial charge in [-0.05, 0) is 55.5 Å². The van der Waals surface area contributed by atoms with Crippen LogP contribution in [0.25, 0.3) is 11.1 Å². The molecule has 0 atom stereocenters. The van der Waals surface area contributed by atoms with Gasteiger partial charge in [0.05, 0.1) is 7.11 Å². The number of nitrogens with zero attached hydrogens (tertiary/aromatic N) is 1. The Labute approximate surface area is 149 Å². The fourth-order valence-electron chi connectivity index (χ4n) is 3.05. The molecule has 3 rings (SSSR count). The molecule has 0 spiro atoms. The highest BCUT2D eigenvalue weighted by Crippen LogP contribution is 2.38. The summed E-state index contributed by atoms with van der Waals surface area (Å²) in [7, 11) is 1.71. The summed E-state index contributed by atoms with van der Waals surface area (Å²) in [4.78, 5) is 3.71. The van der Waals surface area contributed by atoms with Gasteiger partial charge in [0.25, 0.3) is 0 Å². The Hall–Kier alpha value is -1.65. The number of hydrogen-bond donors (Lipinski definition) is 0. The van der Waals surface area contributed by atoms with Crippen LogP contribution in [0, 0.1) is 0 Å². The number of thioether (sulfide) groups is 1. The Balaban J connectivity index is 2.02. The van der Waals surface area contributed by atoms with Gasteiger partial charge in [0.2, 0.25) is 0 Å². The van der Waals surface area contributed by atoms with Gasteiger partial charge in [-0.25, -0.2) is 0 Å². The summed E-state index contributed by atoms with van der Waals surface area (Å²) >= 11 is 1.76. The first-order chi connectivity index (χ1) is 11.6. The van der Waals surface area contributed by atoms with Crippen molar-refractivity contribution in [3.8, 4) is 22.6 Å². The van der Waals surface area contributed by atoms with Crippen molar-refractivity contribution < 1.29 is 9.47 Å². The van der Waals surface area contributed by atoms with E-state index >= 15 is 0 Å². The molecule has 0 aromatic heterocycles. The largest absolute Gasteiger partial charge is 0.493 e. The van der Waals surface area contributed by atoms with E-state index < -0.39 is 0 Å². The van der Waals surface area contributed by atoms with E-state index in [2.05, 4.69) is 61.4 Å². The summed E-state index contributed by atoms with van der Waals surface area (Å²) in [6.45, 7) is 6.98. The molecule has 4 heteroatoms. The second-order valence-corrected chi connectivity index (χ2v) is 7.19. The average Bonchev–Trinajstić information content (AvgIpc) is 2.83. The first-order valence-electron chi connectivity index (χ1n) is 8.34. The highest BCUT2D eigenvalue weighted by atomic mass is 32.2. The van der Waals surface area contributed by atoms with Gasteiger partial charge in [-0.3, -0.25) is 4.90 Å². The summed E-state index contributed by atoms with van der Waals surface area (Å²) in [5, 5.41) is 0. The Morgan fingerprint density at radius 3 is 2.50 bits per heavy atom. The van der Waals surface area contributed by atoms with Gasteiger partial charge in [0.1, 0.15) is 6.61 Å². The zero-order chi connectivity index (χ0) is 17.1. The molecule has 0 saturated carbocycles. The topological polar surface area (TPSA) is 21.7 Å². The van der Waals surface area contributed by atoms with Crippen LogP contribution in [-0.4, -0.2) is 37.5 Å². The maximum absolute atomic E-state index is 6.01. The third kappa shape index (κ3) is 3.55. The summed E-state index contributed by atoms with van der Waals surface area (Å²) < 4.78 is 11.6. The lowest BCUT2D eigenvalue weighted by Crippen LogP contribution is -2.32. The van der Waals surface area contributed by atoms with Crippen molar-refractivity contribution in [1.82, 2.24) is 4.90 Å². The second kappa shape index (κ2) is 7.49. The number of hydrogen-bond acceptors (Lipinski definition) is 4. The van der Waals surface area contributed by atoms with Gasteiger partial charge in [-0.1, -0.05) is 12.1 Å². The maximum Gasteiger partial charge on any atom is 0.165 e. The van der Waals surface area contributed by atoms with E-state index in [1.165, 1.54) is 21.6 Å². The second-order valence-electron chi connectivity index (χ2n) is 6.31. The first kappa shape index (κ1) is 17.2. The predicted molar refractivity (Wildman–Crippen MR) is 101 cm³/mol. The third-order valence-electron chi connectivity index (χ3n) is 4.50. The van der Waals surface area contributed by atoms with Crippen LogP contribution in [0.4, 0.5) is 0 Å². The minimum atomic E-state index is 0.495. The van der Waals surface area contributed by atoms with E-state index in [1.807, 2.05) is 0 Å². The van der Waals surface area contributed by atoms with Crippen LogP contribution in [0.15, 0.2) is 41.3 Å². The van der Waals surface area contributed by atoms with Crippen LogP contribution < -0.4 is 9.47 Å². The number of ether oxygens (including phenoxy) is 2. The minimum Gasteiger partial charge on any atom is -0.493 e. The molecule has 0 unspecified atom stereocenters. The molecule has 0 saturated heterocycles. The molecule has 128 valence electrons. The predicted octanol–water partition coefficient (Wildman–Crippen LogP) is 4.69. The van der Waals surface area contributed by atoms with Gasteiger partial charge in [0, 0.05) is 29.6 Å². The van der Waals surface area contributed by atoms with E-state index in [0.29, 0.717) is 12.6 Å². The molecule has 0 aliphatic carbocycles. The minimum absolute atomic E-state index is 0.495. The van der Waals surface area contributed by atoms with Crippen molar-refractivity contribution in [3.63, 3.8) is 0 Å². The van der Waals surface area contributed by atoms with Crippen molar-refractivity contribution in [1.29, 1.82) is 0 Å². The lowest BCUT2D eigenvalue weighted by molar-refractivity contribution is 0.187. The highest BCUT2D eigenvalue weighted by molar-refractivity contribution is 7.98. The fraction of sp³-hybridized carbons (Fsp3) is 0.400. The summed E-state index contributed by atoms with van der Waals surface area (Å²) in [6.07, 6.45) is 2.10. The molecule has 0 N–H and O–H groups in total. The van der Waals surface area contributed by atoms with E-state index in [-0.39, 0.29) is 0 Å².